The fourth-order valence-corrected chi connectivity index (χ4v) is 9.85. The number of hydrogen-bond acceptors (Lipinski definition) is 11. The summed E-state index contributed by atoms with van der Waals surface area (Å²) in [7, 11) is 0. The first kappa shape index (κ1) is 47.7. The van der Waals surface area contributed by atoms with Crippen molar-refractivity contribution in [1.29, 1.82) is 0 Å². The first-order valence-corrected chi connectivity index (χ1v) is 23.3. The quantitative estimate of drug-likeness (QED) is 0.0421. The van der Waals surface area contributed by atoms with Gasteiger partial charge in [0.15, 0.2) is 11.6 Å². The monoisotopic (exact) mass is 886 g/mol. The minimum Gasteiger partial charge on any atom is -0.488 e. The first-order chi connectivity index (χ1) is 29.5. The highest BCUT2D eigenvalue weighted by molar-refractivity contribution is 8.00. The van der Waals surface area contributed by atoms with Crippen LogP contribution in [0.25, 0.3) is 11.1 Å². The van der Waals surface area contributed by atoms with Gasteiger partial charge in [0.25, 0.3) is 0 Å². The number of rotatable bonds is 27. The van der Waals surface area contributed by atoms with Gasteiger partial charge in [-0.05, 0) is 97.3 Å². The molecule has 1 unspecified atom stereocenters. The van der Waals surface area contributed by atoms with Gasteiger partial charge in [-0.1, -0.05) is 30.2 Å². The standard InChI is InChI=1S/C44H59FN4O10S2/c1-28-8-10-30(11-9-28)22-31-29(2)32(25-41(52)53)34-24-37(35(45)23-33(31)34)58-18-16-56-14-15-57-17-19-59-42(54)26-47-40(51)12-21-60-20-5-13-46-39(50)7-4-3-6-38-43-36(27-61-38)48-44(55)49-43/h8,10,22-24,36,38,43H,3-7,9,11-21,25-27H2,1-2H3,(H,46,50)(H,47,51)(H,52,53)(H2,48,49,55)/b31-22-/t36-,38?,43-/m1/s1. The molecule has 5 rings (SSSR count). The molecule has 0 saturated carbocycles. The summed E-state index contributed by atoms with van der Waals surface area (Å²) in [6, 6.07) is 3.32. The van der Waals surface area contributed by atoms with Gasteiger partial charge in [-0.25, -0.2) is 9.18 Å². The number of carbonyl (C=O) groups is 5. The Morgan fingerprint density at radius 2 is 1.69 bits per heavy atom. The van der Waals surface area contributed by atoms with Gasteiger partial charge in [0, 0.05) is 36.1 Å². The summed E-state index contributed by atoms with van der Waals surface area (Å²) < 4.78 is 37.0. The van der Waals surface area contributed by atoms with Crippen LogP contribution in [0.15, 0.2) is 47.1 Å². The fraction of sp³-hybridized carbons (Fsp3) is 0.568. The van der Waals surface area contributed by atoms with Crippen LogP contribution in [0.2, 0.25) is 0 Å². The van der Waals surface area contributed by atoms with E-state index in [2.05, 4.69) is 40.3 Å². The first-order valence-electron chi connectivity index (χ1n) is 21.1. The summed E-state index contributed by atoms with van der Waals surface area (Å²) >= 11 is 3.49. The fourth-order valence-electron chi connectivity index (χ4n) is 7.42. The second-order valence-corrected chi connectivity index (χ2v) is 17.8. The van der Waals surface area contributed by atoms with Crippen molar-refractivity contribution in [2.45, 2.75) is 89.0 Å². The predicted molar refractivity (Wildman–Crippen MR) is 235 cm³/mol. The Balaban J connectivity index is 0.828. The molecule has 2 heterocycles. The number of carboxylic acid groups (broad SMARTS) is 1. The highest BCUT2D eigenvalue weighted by Crippen LogP contribution is 2.46. The van der Waals surface area contributed by atoms with Crippen molar-refractivity contribution in [1.82, 2.24) is 21.3 Å². The SMILES string of the molecule is CC1=CC=C(/C=C2/C(C)=C(CC(=O)O)c3cc(OCCOCCOCCOC(=O)CNC(=O)CCSCCCNC(=O)CCCCC4SC[C@H]5NC(=O)N[C@@H]45)c(F)cc32)CC1. The van der Waals surface area contributed by atoms with Gasteiger partial charge in [-0.3, -0.25) is 19.2 Å². The topological polar surface area (TPSA) is 191 Å². The highest BCUT2D eigenvalue weighted by atomic mass is 32.2. The van der Waals surface area contributed by atoms with Gasteiger partial charge in [0.1, 0.15) is 19.8 Å². The second kappa shape index (κ2) is 25.0. The Morgan fingerprint density at radius 3 is 2.46 bits per heavy atom. The molecule has 17 heteroatoms. The second-order valence-electron chi connectivity index (χ2n) is 15.3. The van der Waals surface area contributed by atoms with E-state index in [9.17, 15) is 29.1 Å². The number of aliphatic carboxylic acids is 1. The number of fused-ring (bicyclic) bond motifs is 2. The van der Waals surface area contributed by atoms with E-state index in [1.165, 1.54) is 11.6 Å². The molecule has 0 radical (unpaired) electrons. The summed E-state index contributed by atoms with van der Waals surface area (Å²) in [5.41, 5.74) is 5.99. The number of unbranched alkanes of at least 4 members (excludes halogenated alkanes) is 1. The third-order valence-electron chi connectivity index (χ3n) is 10.7. The van der Waals surface area contributed by atoms with Crippen LogP contribution < -0.4 is 26.0 Å². The van der Waals surface area contributed by atoms with Gasteiger partial charge in [0.2, 0.25) is 11.8 Å². The number of nitrogens with one attached hydrogen (secondary N) is 4. The molecule has 0 aromatic heterocycles. The molecule has 4 aliphatic rings. The minimum atomic E-state index is -0.965. The lowest BCUT2D eigenvalue weighted by atomic mass is 9.94. The van der Waals surface area contributed by atoms with Gasteiger partial charge >= 0.3 is 18.0 Å². The molecule has 5 N–H and O–H groups in total. The molecule has 61 heavy (non-hydrogen) atoms. The number of benzene rings is 1. The van der Waals surface area contributed by atoms with E-state index in [0.717, 1.165) is 66.7 Å². The van der Waals surface area contributed by atoms with Crippen LogP contribution in [-0.2, 0) is 33.4 Å². The molecule has 0 bridgehead atoms. The summed E-state index contributed by atoms with van der Waals surface area (Å²) in [5, 5.41) is 21.4. The molecule has 3 atom stereocenters. The highest BCUT2D eigenvalue weighted by Gasteiger charge is 2.42. The van der Waals surface area contributed by atoms with Crippen molar-refractivity contribution in [2.24, 2.45) is 0 Å². The van der Waals surface area contributed by atoms with E-state index < -0.39 is 17.8 Å². The third kappa shape index (κ3) is 15.5. The number of amides is 4. The van der Waals surface area contributed by atoms with Crippen LogP contribution in [0.1, 0.15) is 82.8 Å². The normalized spacial score (nSPS) is 19.8. The molecule has 334 valence electrons. The van der Waals surface area contributed by atoms with Crippen molar-refractivity contribution >= 4 is 64.5 Å². The van der Waals surface area contributed by atoms with Gasteiger partial charge in [-0.2, -0.15) is 23.5 Å². The number of carboxylic acids is 1. The lowest BCUT2D eigenvalue weighted by molar-refractivity contribution is -0.145. The smallest absolute Gasteiger partial charge is 0.325 e. The number of halogens is 1. The lowest BCUT2D eigenvalue weighted by Gasteiger charge is -2.16. The van der Waals surface area contributed by atoms with Crippen LogP contribution in [0, 0.1) is 5.82 Å². The lowest BCUT2D eigenvalue weighted by Crippen LogP contribution is -2.36. The Hall–Kier alpha value is -4.32. The molecule has 1 aromatic rings. The van der Waals surface area contributed by atoms with Crippen molar-refractivity contribution in [3.8, 4) is 5.75 Å². The molecular weight excluding hydrogens is 828 g/mol. The van der Waals surface area contributed by atoms with Crippen molar-refractivity contribution in [3.63, 3.8) is 0 Å². The van der Waals surface area contributed by atoms with Gasteiger partial charge in [-0.15, -0.1) is 0 Å². The molecular formula is C44H59FN4O10S2. The molecule has 14 nitrogen and oxygen atoms in total. The molecule has 2 saturated heterocycles. The third-order valence-corrected chi connectivity index (χ3v) is 13.3. The van der Waals surface area contributed by atoms with Crippen LogP contribution >= 0.6 is 23.5 Å². The Kier molecular flexibility index (Phi) is 19.5. The zero-order valence-corrected chi connectivity index (χ0v) is 36.7. The maximum Gasteiger partial charge on any atom is 0.325 e. The van der Waals surface area contributed by atoms with Gasteiger partial charge in [0.05, 0.1) is 44.9 Å². The van der Waals surface area contributed by atoms with E-state index in [-0.39, 0.29) is 94.7 Å². The summed E-state index contributed by atoms with van der Waals surface area (Å²) in [6.07, 6.45) is 12.1. The van der Waals surface area contributed by atoms with Crippen molar-refractivity contribution in [2.75, 3.05) is 70.0 Å². The average molecular weight is 887 g/mol. The number of thioether (sulfide) groups is 2. The van der Waals surface area contributed by atoms with E-state index in [1.807, 2.05) is 24.8 Å². The minimum absolute atomic E-state index is 0.0179. The zero-order valence-electron chi connectivity index (χ0n) is 35.1. The Morgan fingerprint density at radius 1 is 0.918 bits per heavy atom. The van der Waals surface area contributed by atoms with Crippen LogP contribution in [0.5, 0.6) is 5.75 Å². The number of hydrogen-bond donors (Lipinski definition) is 5. The maximum atomic E-state index is 15.2. The van der Waals surface area contributed by atoms with Crippen LogP contribution in [-0.4, -0.2) is 122 Å². The molecule has 4 amide bonds. The van der Waals surface area contributed by atoms with E-state index in [0.29, 0.717) is 40.7 Å². The van der Waals surface area contributed by atoms with Crippen molar-refractivity contribution < 1.29 is 52.4 Å². The van der Waals surface area contributed by atoms with Crippen LogP contribution in [0.3, 0.4) is 0 Å². The number of allylic oxidation sites excluding steroid dienone is 7. The van der Waals surface area contributed by atoms with E-state index >= 15 is 4.39 Å². The Labute approximate surface area is 365 Å². The summed E-state index contributed by atoms with van der Waals surface area (Å²) in [4.78, 5) is 59.5. The summed E-state index contributed by atoms with van der Waals surface area (Å²) in [6.45, 7) is 5.18. The van der Waals surface area contributed by atoms with E-state index in [4.69, 9.17) is 18.9 Å². The number of carbonyl (C=O) groups excluding carboxylic acids is 4. The number of ether oxygens (including phenoxy) is 4. The molecule has 1 aromatic carbocycles. The predicted octanol–water partition coefficient (Wildman–Crippen LogP) is 5.56. The largest absolute Gasteiger partial charge is 0.488 e. The summed E-state index contributed by atoms with van der Waals surface area (Å²) in [5.74, 6) is 0.0824. The molecule has 2 aliphatic heterocycles. The molecule has 2 aliphatic carbocycles. The molecule has 2 fully saturated rings. The van der Waals surface area contributed by atoms with Gasteiger partial charge < -0.3 is 45.3 Å². The average Bonchev–Trinajstić information content (AvgIpc) is 3.86. The van der Waals surface area contributed by atoms with E-state index in [1.54, 1.807) is 17.8 Å². The molecule has 0 spiro atoms. The van der Waals surface area contributed by atoms with Crippen LogP contribution in [0.4, 0.5) is 9.18 Å². The number of esters is 1. The zero-order chi connectivity index (χ0) is 43.6. The maximum absolute atomic E-state index is 15.2. The Bertz CT molecular complexity index is 1870. The number of urea groups is 1. The van der Waals surface area contributed by atoms with Crippen molar-refractivity contribution in [3.05, 3.63) is 64.0 Å².